The molecule has 0 radical (unpaired) electrons. The molecule has 0 saturated carbocycles. The minimum absolute atomic E-state index is 0.0932. The van der Waals surface area contributed by atoms with Crippen molar-refractivity contribution in [1.82, 2.24) is 5.32 Å². The van der Waals surface area contributed by atoms with Crippen LogP contribution in [0.3, 0.4) is 0 Å². The number of carbonyl (C=O) groups excluding carboxylic acids is 1. The lowest BCUT2D eigenvalue weighted by Crippen LogP contribution is -2.31. The molecule has 0 aliphatic heterocycles. The molecule has 0 aromatic heterocycles. The molecule has 0 aliphatic rings. The highest BCUT2D eigenvalue weighted by Crippen LogP contribution is 2.27. The number of para-hydroxylation sites is 1. The van der Waals surface area contributed by atoms with Gasteiger partial charge in [-0.05, 0) is 42.0 Å². The van der Waals surface area contributed by atoms with Gasteiger partial charge < -0.3 is 10.6 Å². The zero-order valence-corrected chi connectivity index (χ0v) is 14.5. The second-order valence-electron chi connectivity index (χ2n) is 6.24. The van der Waals surface area contributed by atoms with Crippen molar-refractivity contribution in [2.75, 3.05) is 18.4 Å². The summed E-state index contributed by atoms with van der Waals surface area (Å²) in [5, 5.41) is 6.07. The van der Waals surface area contributed by atoms with Crippen molar-refractivity contribution in [2.24, 2.45) is 0 Å². The fraction of sp³-hybridized carbons (Fsp3) is 0.350. The van der Waals surface area contributed by atoms with E-state index in [0.29, 0.717) is 24.4 Å². The highest BCUT2D eigenvalue weighted by atomic mass is 19.1. The second kappa shape index (κ2) is 8.48. The number of carbonyl (C=O) groups is 1. The Hall–Kier alpha value is -2.36. The third-order valence-corrected chi connectivity index (χ3v) is 4.03. The van der Waals surface area contributed by atoms with Gasteiger partial charge in [0.2, 0.25) is 5.91 Å². The van der Waals surface area contributed by atoms with Gasteiger partial charge in [0.25, 0.3) is 0 Å². The third-order valence-electron chi connectivity index (χ3n) is 4.03. The number of halogens is 1. The molecule has 4 heteroatoms. The first-order valence-corrected chi connectivity index (χ1v) is 8.32. The Balaban J connectivity index is 1.85. The highest BCUT2D eigenvalue weighted by molar-refractivity contribution is 5.81. The molecule has 0 aliphatic carbocycles. The van der Waals surface area contributed by atoms with Crippen LogP contribution in [-0.4, -0.2) is 19.0 Å². The maximum Gasteiger partial charge on any atom is 0.239 e. The molecule has 3 nitrogen and oxygen atoms in total. The number of anilines is 1. The Morgan fingerprint density at radius 2 is 1.88 bits per heavy atom. The average Bonchev–Trinajstić information content (AvgIpc) is 2.55. The van der Waals surface area contributed by atoms with Gasteiger partial charge in [0.1, 0.15) is 5.82 Å². The average molecular weight is 328 g/mol. The van der Waals surface area contributed by atoms with Gasteiger partial charge >= 0.3 is 0 Å². The normalized spacial score (nSPS) is 10.7. The second-order valence-corrected chi connectivity index (χ2v) is 6.24. The van der Waals surface area contributed by atoms with E-state index in [1.54, 1.807) is 18.2 Å². The van der Waals surface area contributed by atoms with Crippen LogP contribution in [0.15, 0.2) is 42.5 Å². The molecular weight excluding hydrogens is 303 g/mol. The molecule has 0 atom stereocenters. The van der Waals surface area contributed by atoms with E-state index in [1.165, 1.54) is 11.6 Å². The van der Waals surface area contributed by atoms with Gasteiger partial charge in [-0.25, -0.2) is 4.39 Å². The van der Waals surface area contributed by atoms with Crippen LogP contribution >= 0.6 is 0 Å². The zero-order chi connectivity index (χ0) is 17.5. The first-order chi connectivity index (χ1) is 11.5. The topological polar surface area (TPSA) is 41.1 Å². The van der Waals surface area contributed by atoms with E-state index in [0.717, 1.165) is 11.3 Å². The van der Waals surface area contributed by atoms with Crippen LogP contribution in [0.4, 0.5) is 10.1 Å². The van der Waals surface area contributed by atoms with Gasteiger partial charge in [-0.1, -0.05) is 50.2 Å². The molecule has 2 rings (SSSR count). The Bertz CT molecular complexity index is 698. The Morgan fingerprint density at radius 3 is 2.58 bits per heavy atom. The summed E-state index contributed by atoms with van der Waals surface area (Å²) in [6.45, 7) is 6.93. The molecule has 0 saturated heterocycles. The summed E-state index contributed by atoms with van der Waals surface area (Å²) in [7, 11) is 0. The molecule has 2 aromatic carbocycles. The fourth-order valence-electron chi connectivity index (χ4n) is 2.68. The van der Waals surface area contributed by atoms with Gasteiger partial charge in [0.15, 0.2) is 0 Å². The van der Waals surface area contributed by atoms with Crippen LogP contribution in [0.25, 0.3) is 0 Å². The molecular formula is C20H25FN2O. The first-order valence-electron chi connectivity index (χ1n) is 8.32. The largest absolute Gasteiger partial charge is 0.376 e. The van der Waals surface area contributed by atoms with Gasteiger partial charge in [0, 0.05) is 12.2 Å². The van der Waals surface area contributed by atoms with Crippen molar-refractivity contribution in [2.45, 2.75) is 33.1 Å². The third kappa shape index (κ3) is 4.82. The van der Waals surface area contributed by atoms with Crippen LogP contribution in [0, 0.1) is 12.7 Å². The molecule has 2 N–H and O–H groups in total. The zero-order valence-electron chi connectivity index (χ0n) is 14.5. The van der Waals surface area contributed by atoms with Crippen LogP contribution in [0.5, 0.6) is 0 Å². The molecule has 128 valence electrons. The maximum absolute atomic E-state index is 13.5. The lowest BCUT2D eigenvalue weighted by molar-refractivity contribution is -0.119. The highest BCUT2D eigenvalue weighted by Gasteiger charge is 2.10. The summed E-state index contributed by atoms with van der Waals surface area (Å²) in [5.74, 6) is 0.0622. The molecule has 0 fully saturated rings. The molecule has 0 unspecified atom stereocenters. The lowest BCUT2D eigenvalue weighted by Gasteiger charge is -2.17. The SMILES string of the molecule is Cc1cccc(C(C)C)c1NCC(=O)NCCc1ccccc1F. The van der Waals surface area contributed by atoms with E-state index < -0.39 is 0 Å². The van der Waals surface area contributed by atoms with E-state index in [1.807, 2.05) is 19.1 Å². The number of benzene rings is 2. The van der Waals surface area contributed by atoms with Crippen LogP contribution in [0.2, 0.25) is 0 Å². The smallest absolute Gasteiger partial charge is 0.239 e. The van der Waals surface area contributed by atoms with Crippen LogP contribution in [-0.2, 0) is 11.2 Å². The number of hydrogen-bond donors (Lipinski definition) is 2. The molecule has 0 bridgehead atoms. The monoisotopic (exact) mass is 328 g/mol. The summed E-state index contributed by atoms with van der Waals surface area (Å²) in [6, 6.07) is 12.8. The van der Waals surface area contributed by atoms with E-state index in [9.17, 15) is 9.18 Å². The standard InChI is InChI=1S/C20H25FN2O/c1-14(2)17-9-6-7-15(3)20(17)23-13-19(24)22-12-11-16-8-4-5-10-18(16)21/h4-10,14,23H,11-13H2,1-3H3,(H,22,24). The Kier molecular flexibility index (Phi) is 6.36. The van der Waals surface area contributed by atoms with Gasteiger partial charge in [0.05, 0.1) is 6.54 Å². The summed E-state index contributed by atoms with van der Waals surface area (Å²) in [4.78, 5) is 12.0. The first kappa shape index (κ1) is 18.0. The summed E-state index contributed by atoms with van der Waals surface area (Å²) in [5.41, 5.74) is 3.97. The molecule has 0 heterocycles. The van der Waals surface area contributed by atoms with Crippen molar-refractivity contribution in [1.29, 1.82) is 0 Å². The molecule has 2 aromatic rings. The lowest BCUT2D eigenvalue weighted by atomic mass is 9.98. The Labute approximate surface area is 143 Å². The molecule has 0 spiro atoms. The number of aryl methyl sites for hydroxylation is 1. The predicted octanol–water partition coefficient (Wildman–Crippen LogP) is 4.03. The summed E-state index contributed by atoms with van der Waals surface area (Å²) in [6.07, 6.45) is 0.486. The van der Waals surface area contributed by atoms with E-state index >= 15 is 0 Å². The van der Waals surface area contributed by atoms with Crippen molar-refractivity contribution < 1.29 is 9.18 Å². The minimum atomic E-state index is -0.230. The minimum Gasteiger partial charge on any atom is -0.376 e. The number of hydrogen-bond acceptors (Lipinski definition) is 2. The quantitative estimate of drug-likeness (QED) is 0.806. The predicted molar refractivity (Wildman–Crippen MR) is 96.9 cm³/mol. The van der Waals surface area contributed by atoms with E-state index in [-0.39, 0.29) is 18.3 Å². The number of amides is 1. The van der Waals surface area contributed by atoms with Crippen molar-refractivity contribution >= 4 is 11.6 Å². The van der Waals surface area contributed by atoms with Crippen molar-refractivity contribution in [3.63, 3.8) is 0 Å². The van der Waals surface area contributed by atoms with Crippen LogP contribution in [0.1, 0.15) is 36.5 Å². The molecule has 24 heavy (non-hydrogen) atoms. The van der Waals surface area contributed by atoms with E-state index in [2.05, 4.69) is 30.5 Å². The number of rotatable bonds is 7. The maximum atomic E-state index is 13.5. The van der Waals surface area contributed by atoms with Gasteiger partial charge in [-0.2, -0.15) is 0 Å². The Morgan fingerprint density at radius 1 is 1.12 bits per heavy atom. The number of nitrogens with one attached hydrogen (secondary N) is 2. The van der Waals surface area contributed by atoms with Gasteiger partial charge in [-0.3, -0.25) is 4.79 Å². The summed E-state index contributed by atoms with van der Waals surface area (Å²) < 4.78 is 13.5. The van der Waals surface area contributed by atoms with Crippen molar-refractivity contribution in [3.8, 4) is 0 Å². The van der Waals surface area contributed by atoms with Crippen LogP contribution < -0.4 is 10.6 Å². The fourth-order valence-corrected chi connectivity index (χ4v) is 2.68. The van der Waals surface area contributed by atoms with E-state index in [4.69, 9.17) is 0 Å². The van der Waals surface area contributed by atoms with Gasteiger partial charge in [-0.15, -0.1) is 0 Å². The summed E-state index contributed by atoms with van der Waals surface area (Å²) >= 11 is 0. The molecule has 1 amide bonds. The van der Waals surface area contributed by atoms with Crippen molar-refractivity contribution in [3.05, 3.63) is 65.0 Å².